The van der Waals surface area contributed by atoms with Crippen molar-refractivity contribution in [3.63, 3.8) is 0 Å². The van der Waals surface area contributed by atoms with Crippen LogP contribution in [0, 0.1) is 5.92 Å². The van der Waals surface area contributed by atoms with Gasteiger partial charge in [-0.2, -0.15) is 0 Å². The minimum absolute atomic E-state index is 0. The standard InChI is InChI=1S/C20H32N4O2.HI/c1-20(2,3)26-19(25)24-13-7-10-17(15-24)14-23-18(21)22-12-11-16-8-5-4-6-9-16;/h4-6,8-9,17H,7,10-15H2,1-3H3,(H3,21,22,23);1H. The number of guanidine groups is 1. The first-order valence-electron chi connectivity index (χ1n) is 9.39. The summed E-state index contributed by atoms with van der Waals surface area (Å²) in [4.78, 5) is 18.4. The molecule has 1 amide bonds. The molecular weight excluding hydrogens is 455 g/mol. The van der Waals surface area contributed by atoms with Crippen molar-refractivity contribution in [2.24, 2.45) is 16.6 Å². The Morgan fingerprint density at radius 2 is 2.04 bits per heavy atom. The second-order valence-corrected chi connectivity index (χ2v) is 7.82. The molecule has 2 rings (SSSR count). The average Bonchev–Trinajstić information content (AvgIpc) is 2.60. The third-order valence-corrected chi connectivity index (χ3v) is 4.25. The van der Waals surface area contributed by atoms with Crippen LogP contribution in [0.15, 0.2) is 35.3 Å². The van der Waals surface area contributed by atoms with Crippen molar-refractivity contribution < 1.29 is 9.53 Å². The van der Waals surface area contributed by atoms with Gasteiger partial charge >= 0.3 is 6.09 Å². The first kappa shape index (κ1) is 23.5. The summed E-state index contributed by atoms with van der Waals surface area (Å²) in [6.07, 6.45) is 2.70. The number of benzene rings is 1. The van der Waals surface area contributed by atoms with Gasteiger partial charge in [0.05, 0.1) is 0 Å². The van der Waals surface area contributed by atoms with Crippen molar-refractivity contribution in [1.29, 1.82) is 0 Å². The zero-order chi connectivity index (χ0) is 19.0. The summed E-state index contributed by atoms with van der Waals surface area (Å²) in [5.41, 5.74) is 6.77. The summed E-state index contributed by atoms with van der Waals surface area (Å²) >= 11 is 0. The lowest BCUT2D eigenvalue weighted by molar-refractivity contribution is 0.0171. The average molecular weight is 488 g/mol. The van der Waals surface area contributed by atoms with Crippen LogP contribution in [0.25, 0.3) is 0 Å². The van der Waals surface area contributed by atoms with Gasteiger partial charge in [-0.1, -0.05) is 30.3 Å². The zero-order valence-electron chi connectivity index (χ0n) is 16.6. The van der Waals surface area contributed by atoms with Crippen LogP contribution in [-0.4, -0.2) is 48.7 Å². The molecule has 1 atom stereocenters. The van der Waals surface area contributed by atoms with E-state index < -0.39 is 5.60 Å². The van der Waals surface area contributed by atoms with Crippen LogP contribution in [0.4, 0.5) is 4.79 Å². The highest BCUT2D eigenvalue weighted by atomic mass is 127. The molecule has 0 spiro atoms. The van der Waals surface area contributed by atoms with Crippen LogP contribution in [0.5, 0.6) is 0 Å². The van der Waals surface area contributed by atoms with Crippen molar-refractivity contribution >= 4 is 36.0 Å². The number of likely N-dealkylation sites (tertiary alicyclic amines) is 1. The molecule has 0 aromatic heterocycles. The SMILES string of the molecule is CC(C)(C)OC(=O)N1CCCC(CN=C(N)NCCc2ccccc2)C1.I. The van der Waals surface area contributed by atoms with Crippen molar-refractivity contribution in [2.75, 3.05) is 26.2 Å². The monoisotopic (exact) mass is 488 g/mol. The fourth-order valence-corrected chi connectivity index (χ4v) is 2.97. The van der Waals surface area contributed by atoms with Gasteiger partial charge in [-0.3, -0.25) is 4.99 Å². The Kier molecular flexibility index (Phi) is 9.90. The Labute approximate surface area is 179 Å². The van der Waals surface area contributed by atoms with E-state index in [4.69, 9.17) is 10.5 Å². The molecule has 0 bridgehead atoms. The molecule has 1 saturated heterocycles. The van der Waals surface area contributed by atoms with Crippen molar-refractivity contribution in [1.82, 2.24) is 10.2 Å². The molecule has 152 valence electrons. The van der Waals surface area contributed by atoms with Crippen molar-refractivity contribution in [3.8, 4) is 0 Å². The molecule has 1 aromatic carbocycles. The van der Waals surface area contributed by atoms with E-state index in [-0.39, 0.29) is 30.1 Å². The lowest BCUT2D eigenvalue weighted by Gasteiger charge is -2.33. The lowest BCUT2D eigenvalue weighted by atomic mass is 9.98. The predicted molar refractivity (Wildman–Crippen MR) is 121 cm³/mol. The van der Waals surface area contributed by atoms with Crippen LogP contribution in [0.2, 0.25) is 0 Å². The molecular formula is C20H33IN4O2. The number of halogens is 1. The molecule has 1 unspecified atom stereocenters. The van der Waals surface area contributed by atoms with E-state index in [1.54, 1.807) is 4.90 Å². The van der Waals surface area contributed by atoms with Gasteiger partial charge < -0.3 is 20.7 Å². The maximum atomic E-state index is 12.2. The number of carbonyl (C=O) groups excluding carboxylic acids is 1. The molecule has 27 heavy (non-hydrogen) atoms. The third-order valence-electron chi connectivity index (χ3n) is 4.25. The Balaban J connectivity index is 0.00000364. The van der Waals surface area contributed by atoms with Gasteiger partial charge in [0, 0.05) is 26.2 Å². The molecule has 0 radical (unpaired) electrons. The van der Waals surface area contributed by atoms with Gasteiger partial charge in [0.15, 0.2) is 5.96 Å². The highest BCUT2D eigenvalue weighted by Gasteiger charge is 2.27. The topological polar surface area (TPSA) is 80.0 Å². The largest absolute Gasteiger partial charge is 0.444 e. The number of nitrogens with two attached hydrogens (primary N) is 1. The Morgan fingerprint density at radius 3 is 2.70 bits per heavy atom. The Hall–Kier alpha value is -1.51. The van der Waals surface area contributed by atoms with Gasteiger partial charge in [0.2, 0.25) is 0 Å². The molecule has 7 heteroatoms. The van der Waals surface area contributed by atoms with Crippen LogP contribution in [0.3, 0.4) is 0 Å². The van der Waals surface area contributed by atoms with Crippen LogP contribution in [-0.2, 0) is 11.2 Å². The number of amides is 1. The third kappa shape index (κ3) is 9.30. The summed E-state index contributed by atoms with van der Waals surface area (Å²) in [6, 6.07) is 10.3. The maximum Gasteiger partial charge on any atom is 0.410 e. The van der Waals surface area contributed by atoms with Crippen LogP contribution < -0.4 is 11.1 Å². The Bertz CT molecular complexity index is 602. The number of nitrogens with zero attached hydrogens (tertiary/aromatic N) is 2. The van der Waals surface area contributed by atoms with Gasteiger partial charge in [-0.05, 0) is 51.5 Å². The number of carbonyl (C=O) groups is 1. The van der Waals surface area contributed by atoms with E-state index in [2.05, 4.69) is 22.4 Å². The highest BCUT2D eigenvalue weighted by molar-refractivity contribution is 14.0. The molecule has 1 fully saturated rings. The van der Waals surface area contributed by atoms with Gasteiger partial charge in [-0.15, -0.1) is 24.0 Å². The minimum atomic E-state index is -0.463. The number of ether oxygens (including phenoxy) is 1. The van der Waals surface area contributed by atoms with E-state index in [0.717, 1.165) is 32.4 Å². The summed E-state index contributed by atoms with van der Waals surface area (Å²) in [7, 11) is 0. The number of aliphatic imine (C=N–C) groups is 1. The van der Waals surface area contributed by atoms with E-state index in [1.165, 1.54) is 5.56 Å². The molecule has 1 aliphatic rings. The van der Waals surface area contributed by atoms with Gasteiger partial charge in [0.1, 0.15) is 5.60 Å². The molecule has 1 heterocycles. The Morgan fingerprint density at radius 1 is 1.33 bits per heavy atom. The summed E-state index contributed by atoms with van der Waals surface area (Å²) in [5, 5.41) is 3.16. The smallest absolute Gasteiger partial charge is 0.410 e. The van der Waals surface area contributed by atoms with E-state index in [1.807, 2.05) is 39.0 Å². The van der Waals surface area contributed by atoms with Crippen LogP contribution in [0.1, 0.15) is 39.2 Å². The van der Waals surface area contributed by atoms with Crippen molar-refractivity contribution in [3.05, 3.63) is 35.9 Å². The van der Waals surface area contributed by atoms with Crippen molar-refractivity contribution in [2.45, 2.75) is 45.6 Å². The summed E-state index contributed by atoms with van der Waals surface area (Å²) in [6.45, 7) is 8.47. The second kappa shape index (κ2) is 11.4. The number of piperidine rings is 1. The lowest BCUT2D eigenvalue weighted by Crippen LogP contribution is -2.43. The van der Waals surface area contributed by atoms with Crippen LogP contribution >= 0.6 is 24.0 Å². The summed E-state index contributed by atoms with van der Waals surface area (Å²) in [5.74, 6) is 0.793. The minimum Gasteiger partial charge on any atom is -0.444 e. The number of hydrogen-bond donors (Lipinski definition) is 2. The molecule has 1 aromatic rings. The first-order valence-corrected chi connectivity index (χ1v) is 9.39. The quantitative estimate of drug-likeness (QED) is 0.378. The van der Waals surface area contributed by atoms with E-state index in [9.17, 15) is 4.79 Å². The fourth-order valence-electron chi connectivity index (χ4n) is 2.97. The maximum absolute atomic E-state index is 12.2. The van der Waals surface area contributed by atoms with E-state index >= 15 is 0 Å². The zero-order valence-corrected chi connectivity index (χ0v) is 18.9. The fraction of sp³-hybridized carbons (Fsp3) is 0.600. The van der Waals surface area contributed by atoms with Gasteiger partial charge in [-0.25, -0.2) is 4.79 Å². The number of nitrogens with one attached hydrogen (secondary N) is 1. The van der Waals surface area contributed by atoms with E-state index in [0.29, 0.717) is 25.0 Å². The molecule has 0 aliphatic carbocycles. The number of rotatable bonds is 5. The molecule has 0 saturated carbocycles. The summed E-state index contributed by atoms with van der Waals surface area (Å²) < 4.78 is 5.46. The highest BCUT2D eigenvalue weighted by Crippen LogP contribution is 2.19. The molecule has 3 N–H and O–H groups in total. The first-order chi connectivity index (χ1) is 12.3. The number of hydrogen-bond acceptors (Lipinski definition) is 3. The molecule has 6 nitrogen and oxygen atoms in total. The normalized spacial score (nSPS) is 17.8. The van der Waals surface area contributed by atoms with Gasteiger partial charge in [0.25, 0.3) is 0 Å². The second-order valence-electron chi connectivity index (χ2n) is 7.82. The predicted octanol–water partition coefficient (Wildman–Crippen LogP) is 3.40. The molecule has 1 aliphatic heterocycles.